The Kier molecular flexibility index (Phi) is 3.70. The molecule has 0 heterocycles. The lowest BCUT2D eigenvalue weighted by atomic mass is 10.3. The molecule has 0 bridgehead atoms. The molecule has 0 aromatic heterocycles. The van der Waals surface area contributed by atoms with Gasteiger partial charge in [-0.1, -0.05) is 0 Å². The Morgan fingerprint density at radius 1 is 1.46 bits per heavy atom. The van der Waals surface area contributed by atoms with Crippen LogP contribution in [0.3, 0.4) is 0 Å². The molecule has 0 aliphatic heterocycles. The zero-order valence-corrected chi connectivity index (χ0v) is 6.64. The molecule has 0 aromatic rings. The standard InChI is InChI=1S/C6H7F3NO3/c1-3(4(11)13-2)10-5(12)6(7,8)9/h3H,2H2,1H3,(H,10,12)/t3-/m0/s1. The smallest absolute Gasteiger partial charge is 0.461 e. The second kappa shape index (κ2) is 4.11. The van der Waals surface area contributed by atoms with Gasteiger partial charge >= 0.3 is 18.1 Å². The number of esters is 1. The van der Waals surface area contributed by atoms with Gasteiger partial charge in [0.2, 0.25) is 0 Å². The van der Waals surface area contributed by atoms with Crippen LogP contribution in [0.4, 0.5) is 13.2 Å². The molecule has 1 N–H and O–H groups in total. The average Bonchev–Trinajstić information content (AvgIpc) is 2.01. The Labute approximate surface area is 72.0 Å². The van der Waals surface area contributed by atoms with Gasteiger partial charge in [-0.2, -0.15) is 13.2 Å². The topological polar surface area (TPSA) is 55.4 Å². The summed E-state index contributed by atoms with van der Waals surface area (Å²) < 4.78 is 38.6. The van der Waals surface area contributed by atoms with Crippen molar-refractivity contribution in [3.63, 3.8) is 0 Å². The van der Waals surface area contributed by atoms with Crippen LogP contribution in [-0.4, -0.2) is 24.1 Å². The number of amides is 1. The molecule has 0 unspecified atom stereocenters. The van der Waals surface area contributed by atoms with Crippen LogP contribution < -0.4 is 5.32 Å². The fraction of sp³-hybridized carbons (Fsp3) is 0.500. The SMILES string of the molecule is [CH2]OC(=O)[C@H](C)NC(=O)C(F)(F)F. The first-order chi connectivity index (χ1) is 5.79. The number of halogens is 3. The van der Waals surface area contributed by atoms with Gasteiger partial charge < -0.3 is 10.1 Å². The number of hydrogen-bond acceptors (Lipinski definition) is 3. The van der Waals surface area contributed by atoms with Gasteiger partial charge in [0.25, 0.3) is 0 Å². The molecule has 0 aliphatic rings. The molecule has 1 amide bonds. The van der Waals surface area contributed by atoms with Gasteiger partial charge in [-0.3, -0.25) is 4.79 Å². The minimum absolute atomic E-state index is 1.04. The Morgan fingerprint density at radius 3 is 2.23 bits per heavy atom. The van der Waals surface area contributed by atoms with Crippen LogP contribution in [0.1, 0.15) is 6.92 Å². The quantitative estimate of drug-likeness (QED) is 0.653. The van der Waals surface area contributed by atoms with Crippen LogP contribution >= 0.6 is 0 Å². The van der Waals surface area contributed by atoms with Crippen molar-refractivity contribution in [2.45, 2.75) is 19.1 Å². The van der Waals surface area contributed by atoms with Crippen molar-refractivity contribution in [1.82, 2.24) is 5.32 Å². The molecule has 0 aromatic carbocycles. The molecule has 4 nitrogen and oxygen atoms in total. The molecule has 0 saturated carbocycles. The molecular formula is C6H7F3NO3. The van der Waals surface area contributed by atoms with Crippen LogP contribution in [0.5, 0.6) is 0 Å². The first-order valence-corrected chi connectivity index (χ1v) is 3.12. The third-order valence-corrected chi connectivity index (χ3v) is 1.10. The summed E-state index contributed by atoms with van der Waals surface area (Å²) in [6.07, 6.45) is -5.00. The van der Waals surface area contributed by atoms with Crippen LogP contribution in [0.2, 0.25) is 0 Å². The highest BCUT2D eigenvalue weighted by atomic mass is 19.4. The molecule has 0 rings (SSSR count). The summed E-state index contributed by atoms with van der Waals surface area (Å²) >= 11 is 0. The van der Waals surface area contributed by atoms with Crippen molar-refractivity contribution < 1.29 is 27.5 Å². The lowest BCUT2D eigenvalue weighted by Crippen LogP contribution is -2.45. The zero-order chi connectivity index (χ0) is 10.6. The molecular weight excluding hydrogens is 191 g/mol. The summed E-state index contributed by atoms with van der Waals surface area (Å²) in [5, 5.41) is 1.39. The van der Waals surface area contributed by atoms with E-state index in [4.69, 9.17) is 0 Å². The van der Waals surface area contributed by atoms with E-state index in [1.54, 1.807) is 0 Å². The average molecular weight is 198 g/mol. The van der Waals surface area contributed by atoms with Crippen molar-refractivity contribution in [3.8, 4) is 0 Å². The molecule has 7 heteroatoms. The van der Waals surface area contributed by atoms with Gasteiger partial charge in [0.1, 0.15) is 13.2 Å². The second-order valence-corrected chi connectivity index (χ2v) is 2.16. The monoisotopic (exact) mass is 198 g/mol. The number of rotatable bonds is 2. The van der Waals surface area contributed by atoms with E-state index in [9.17, 15) is 22.8 Å². The fourth-order valence-corrected chi connectivity index (χ4v) is 0.462. The number of ether oxygens (including phenoxy) is 1. The Morgan fingerprint density at radius 2 is 1.92 bits per heavy atom. The van der Waals surface area contributed by atoms with Crippen LogP contribution in [0.25, 0.3) is 0 Å². The van der Waals surface area contributed by atoms with E-state index in [-0.39, 0.29) is 0 Å². The first-order valence-electron chi connectivity index (χ1n) is 3.12. The first kappa shape index (κ1) is 11.7. The van der Waals surface area contributed by atoms with E-state index in [0.29, 0.717) is 0 Å². The third kappa shape index (κ3) is 3.77. The molecule has 0 aliphatic carbocycles. The minimum Gasteiger partial charge on any atom is -0.461 e. The number of hydrogen-bond donors (Lipinski definition) is 1. The van der Waals surface area contributed by atoms with Crippen LogP contribution in [0.15, 0.2) is 0 Å². The van der Waals surface area contributed by atoms with Crippen molar-refractivity contribution in [1.29, 1.82) is 0 Å². The van der Waals surface area contributed by atoms with E-state index in [1.807, 2.05) is 0 Å². The van der Waals surface area contributed by atoms with Crippen molar-refractivity contribution in [2.24, 2.45) is 0 Å². The fourth-order valence-electron chi connectivity index (χ4n) is 0.462. The predicted octanol–water partition coefficient (Wildman–Crippen LogP) is 0.388. The highest BCUT2D eigenvalue weighted by Gasteiger charge is 2.40. The molecule has 13 heavy (non-hydrogen) atoms. The summed E-state index contributed by atoms with van der Waals surface area (Å²) in [4.78, 5) is 20.7. The van der Waals surface area contributed by atoms with Gasteiger partial charge in [-0.15, -0.1) is 0 Å². The number of alkyl halides is 3. The maximum absolute atomic E-state index is 11.6. The van der Waals surface area contributed by atoms with E-state index >= 15 is 0 Å². The van der Waals surface area contributed by atoms with Crippen LogP contribution in [0, 0.1) is 7.11 Å². The summed E-state index contributed by atoms with van der Waals surface area (Å²) in [5.74, 6) is -3.23. The summed E-state index contributed by atoms with van der Waals surface area (Å²) in [5.41, 5.74) is 0. The summed E-state index contributed by atoms with van der Waals surface area (Å²) in [7, 11) is 2.69. The molecule has 1 atom stereocenters. The molecule has 0 saturated heterocycles. The van der Waals surface area contributed by atoms with Gasteiger partial charge in [0.05, 0.1) is 0 Å². The minimum atomic E-state index is -5.00. The van der Waals surface area contributed by atoms with E-state index < -0.39 is 24.1 Å². The Hall–Kier alpha value is -1.27. The van der Waals surface area contributed by atoms with Crippen LogP contribution in [-0.2, 0) is 14.3 Å². The van der Waals surface area contributed by atoms with Crippen molar-refractivity contribution in [2.75, 3.05) is 0 Å². The van der Waals surface area contributed by atoms with E-state index in [1.165, 1.54) is 5.32 Å². The molecule has 75 valence electrons. The van der Waals surface area contributed by atoms with Crippen molar-refractivity contribution >= 4 is 11.9 Å². The summed E-state index contributed by atoms with van der Waals surface area (Å²) in [6, 6.07) is -1.37. The lowest BCUT2D eigenvalue weighted by Gasteiger charge is -2.12. The third-order valence-electron chi connectivity index (χ3n) is 1.10. The molecule has 0 spiro atoms. The number of nitrogens with one attached hydrogen (secondary N) is 1. The normalized spacial score (nSPS) is 13.3. The number of carbonyl (C=O) groups excluding carboxylic acids is 2. The highest BCUT2D eigenvalue weighted by molar-refractivity contribution is 5.87. The maximum Gasteiger partial charge on any atom is 0.471 e. The molecule has 0 fully saturated rings. The van der Waals surface area contributed by atoms with E-state index in [2.05, 4.69) is 11.8 Å². The zero-order valence-electron chi connectivity index (χ0n) is 6.64. The Bertz CT molecular complexity index is 214. The van der Waals surface area contributed by atoms with Gasteiger partial charge in [-0.25, -0.2) is 4.79 Å². The van der Waals surface area contributed by atoms with E-state index in [0.717, 1.165) is 6.92 Å². The van der Waals surface area contributed by atoms with Crippen molar-refractivity contribution in [3.05, 3.63) is 7.11 Å². The summed E-state index contributed by atoms with van der Waals surface area (Å²) in [6.45, 7) is 1.05. The lowest BCUT2D eigenvalue weighted by molar-refractivity contribution is -0.175. The van der Waals surface area contributed by atoms with Gasteiger partial charge in [0.15, 0.2) is 0 Å². The van der Waals surface area contributed by atoms with Gasteiger partial charge in [-0.05, 0) is 6.92 Å². The Balaban J connectivity index is 4.15. The predicted molar refractivity (Wildman–Crippen MR) is 35.1 cm³/mol. The molecule has 1 radical (unpaired) electrons. The largest absolute Gasteiger partial charge is 0.471 e. The maximum atomic E-state index is 11.6. The second-order valence-electron chi connectivity index (χ2n) is 2.16. The highest BCUT2D eigenvalue weighted by Crippen LogP contribution is 2.14. The number of carbonyl (C=O) groups is 2. The van der Waals surface area contributed by atoms with Gasteiger partial charge in [0, 0.05) is 0 Å².